The predicted molar refractivity (Wildman–Crippen MR) is 64.9 cm³/mol. The second-order valence-electron chi connectivity index (χ2n) is 5.08. The zero-order valence-corrected chi connectivity index (χ0v) is 10.2. The monoisotopic (exact) mass is 239 g/mol. The Labute approximate surface area is 101 Å². The fourth-order valence-corrected chi connectivity index (χ4v) is 2.88. The van der Waals surface area contributed by atoms with Crippen LogP contribution in [-0.4, -0.2) is 6.54 Å². The highest BCUT2D eigenvalue weighted by Gasteiger charge is 2.35. The van der Waals surface area contributed by atoms with Gasteiger partial charge in [-0.3, -0.25) is 0 Å². The van der Waals surface area contributed by atoms with Crippen molar-refractivity contribution in [2.75, 3.05) is 6.54 Å². The molecule has 1 nitrogen and oxygen atoms in total. The van der Waals surface area contributed by atoms with E-state index in [-0.39, 0.29) is 11.0 Å². The van der Waals surface area contributed by atoms with Crippen LogP contribution in [0.4, 0.5) is 8.78 Å². The first-order valence-electron chi connectivity index (χ1n) is 6.26. The van der Waals surface area contributed by atoms with Gasteiger partial charge in [-0.2, -0.15) is 0 Å². The van der Waals surface area contributed by atoms with E-state index < -0.39 is 11.6 Å². The molecule has 0 aliphatic heterocycles. The number of rotatable bonds is 2. The highest BCUT2D eigenvalue weighted by Crippen LogP contribution is 2.40. The highest BCUT2D eigenvalue weighted by atomic mass is 19.1. The van der Waals surface area contributed by atoms with Crippen LogP contribution in [0, 0.1) is 18.6 Å². The first-order valence-corrected chi connectivity index (χ1v) is 6.26. The molecule has 94 valence electrons. The number of nitrogens with two attached hydrogens (primary N) is 1. The lowest BCUT2D eigenvalue weighted by atomic mass is 9.69. The Kier molecular flexibility index (Phi) is 3.48. The van der Waals surface area contributed by atoms with E-state index in [0.29, 0.717) is 12.1 Å². The summed E-state index contributed by atoms with van der Waals surface area (Å²) in [6, 6.07) is 2.94. The number of hydrogen-bond acceptors (Lipinski definition) is 1. The molecule has 0 spiro atoms. The van der Waals surface area contributed by atoms with Gasteiger partial charge in [-0.15, -0.1) is 0 Å². The third-order valence-corrected chi connectivity index (χ3v) is 4.09. The Morgan fingerprint density at radius 3 is 2.41 bits per heavy atom. The van der Waals surface area contributed by atoms with Gasteiger partial charge >= 0.3 is 0 Å². The first-order chi connectivity index (χ1) is 8.10. The lowest BCUT2D eigenvalue weighted by Crippen LogP contribution is -2.38. The summed E-state index contributed by atoms with van der Waals surface area (Å²) in [5.41, 5.74) is 6.31. The molecule has 3 heteroatoms. The van der Waals surface area contributed by atoms with Crippen molar-refractivity contribution in [1.29, 1.82) is 0 Å². The van der Waals surface area contributed by atoms with E-state index in [1.165, 1.54) is 19.4 Å². The molecule has 1 fully saturated rings. The minimum Gasteiger partial charge on any atom is -0.330 e. The summed E-state index contributed by atoms with van der Waals surface area (Å²) in [6.07, 6.45) is 5.15. The lowest BCUT2D eigenvalue weighted by molar-refractivity contribution is 0.290. The second kappa shape index (κ2) is 4.73. The van der Waals surface area contributed by atoms with Crippen LogP contribution in [0.5, 0.6) is 0 Å². The van der Waals surface area contributed by atoms with Gasteiger partial charge in [0, 0.05) is 17.5 Å². The van der Waals surface area contributed by atoms with Crippen molar-refractivity contribution in [2.45, 2.75) is 44.4 Å². The molecule has 2 N–H and O–H groups in total. The van der Waals surface area contributed by atoms with Crippen molar-refractivity contribution in [3.05, 3.63) is 34.9 Å². The summed E-state index contributed by atoms with van der Waals surface area (Å²) in [5, 5.41) is 0. The Morgan fingerprint density at radius 2 is 1.82 bits per heavy atom. The van der Waals surface area contributed by atoms with Crippen LogP contribution < -0.4 is 5.73 Å². The van der Waals surface area contributed by atoms with Gasteiger partial charge in [-0.1, -0.05) is 25.3 Å². The van der Waals surface area contributed by atoms with Gasteiger partial charge in [0.25, 0.3) is 0 Å². The smallest absolute Gasteiger partial charge is 0.132 e. The van der Waals surface area contributed by atoms with Crippen LogP contribution in [0.3, 0.4) is 0 Å². The molecule has 17 heavy (non-hydrogen) atoms. The molecule has 1 aliphatic carbocycles. The number of halogens is 2. The van der Waals surface area contributed by atoms with Crippen molar-refractivity contribution < 1.29 is 8.78 Å². The molecule has 0 radical (unpaired) electrons. The normalized spacial score (nSPS) is 19.3. The molecular formula is C14H19F2N. The Balaban J connectivity index is 2.47. The molecule has 0 saturated heterocycles. The summed E-state index contributed by atoms with van der Waals surface area (Å²) >= 11 is 0. The maximum absolute atomic E-state index is 14.2. The lowest BCUT2D eigenvalue weighted by Gasteiger charge is -2.37. The molecule has 1 aromatic rings. The summed E-state index contributed by atoms with van der Waals surface area (Å²) in [5.74, 6) is -0.883. The molecule has 0 bridgehead atoms. The fraction of sp³-hybridized carbons (Fsp3) is 0.571. The zero-order chi connectivity index (χ0) is 12.5. The standard InChI is InChI=1S/C14H19F2N/c1-10-12(15)6-5-11(13(10)16)14(9-17)7-3-2-4-8-14/h5-6H,2-4,7-9,17H2,1H3. The second-order valence-corrected chi connectivity index (χ2v) is 5.08. The topological polar surface area (TPSA) is 26.0 Å². The predicted octanol–water partition coefficient (Wildman–Crippen LogP) is 3.43. The number of benzene rings is 1. The Bertz CT molecular complexity index is 409. The van der Waals surface area contributed by atoms with Crippen LogP contribution in [0.2, 0.25) is 0 Å². The molecule has 0 heterocycles. The van der Waals surface area contributed by atoms with Gasteiger partial charge in [0.05, 0.1) is 0 Å². The molecule has 0 aromatic heterocycles. The Hall–Kier alpha value is -0.960. The van der Waals surface area contributed by atoms with Gasteiger partial charge in [0.2, 0.25) is 0 Å². The fourth-order valence-electron chi connectivity index (χ4n) is 2.88. The maximum Gasteiger partial charge on any atom is 0.132 e. The minimum absolute atomic E-state index is 0.112. The van der Waals surface area contributed by atoms with Crippen molar-refractivity contribution in [3.8, 4) is 0 Å². The van der Waals surface area contributed by atoms with E-state index in [4.69, 9.17) is 5.73 Å². The van der Waals surface area contributed by atoms with Crippen molar-refractivity contribution in [3.63, 3.8) is 0 Å². The summed E-state index contributed by atoms with van der Waals surface area (Å²) < 4.78 is 27.5. The Morgan fingerprint density at radius 1 is 1.18 bits per heavy atom. The van der Waals surface area contributed by atoms with Gasteiger partial charge in [-0.05, 0) is 31.4 Å². The molecule has 0 atom stereocenters. The van der Waals surface area contributed by atoms with E-state index >= 15 is 0 Å². The van der Waals surface area contributed by atoms with Crippen LogP contribution >= 0.6 is 0 Å². The van der Waals surface area contributed by atoms with E-state index in [1.807, 2.05) is 0 Å². The van der Waals surface area contributed by atoms with Gasteiger partial charge in [0.15, 0.2) is 0 Å². The SMILES string of the molecule is Cc1c(F)ccc(C2(CN)CCCCC2)c1F. The summed E-state index contributed by atoms with van der Waals surface area (Å²) in [7, 11) is 0. The zero-order valence-electron chi connectivity index (χ0n) is 10.2. The third-order valence-electron chi connectivity index (χ3n) is 4.09. The average molecular weight is 239 g/mol. The van der Waals surface area contributed by atoms with E-state index in [0.717, 1.165) is 25.7 Å². The van der Waals surface area contributed by atoms with E-state index in [2.05, 4.69) is 0 Å². The van der Waals surface area contributed by atoms with Gasteiger partial charge in [-0.25, -0.2) is 8.78 Å². The van der Waals surface area contributed by atoms with Gasteiger partial charge < -0.3 is 5.73 Å². The molecule has 1 aromatic carbocycles. The molecule has 1 aliphatic rings. The largest absolute Gasteiger partial charge is 0.330 e. The van der Waals surface area contributed by atoms with Crippen molar-refractivity contribution in [1.82, 2.24) is 0 Å². The average Bonchev–Trinajstić information content (AvgIpc) is 2.37. The van der Waals surface area contributed by atoms with Gasteiger partial charge in [0.1, 0.15) is 11.6 Å². The van der Waals surface area contributed by atoms with Crippen LogP contribution in [0.25, 0.3) is 0 Å². The van der Waals surface area contributed by atoms with Crippen LogP contribution in [-0.2, 0) is 5.41 Å². The van der Waals surface area contributed by atoms with Crippen molar-refractivity contribution in [2.24, 2.45) is 5.73 Å². The third kappa shape index (κ3) is 2.08. The summed E-state index contributed by atoms with van der Waals surface area (Å²) in [4.78, 5) is 0. The quantitative estimate of drug-likeness (QED) is 0.840. The molecule has 0 unspecified atom stereocenters. The van der Waals surface area contributed by atoms with E-state index in [1.54, 1.807) is 6.07 Å². The minimum atomic E-state index is -0.478. The summed E-state index contributed by atoms with van der Waals surface area (Å²) in [6.45, 7) is 1.93. The first kappa shape index (κ1) is 12.5. The maximum atomic E-state index is 14.2. The molecule has 0 amide bonds. The highest BCUT2D eigenvalue weighted by molar-refractivity contribution is 5.33. The van der Waals surface area contributed by atoms with Crippen molar-refractivity contribution >= 4 is 0 Å². The van der Waals surface area contributed by atoms with Crippen LogP contribution in [0.15, 0.2) is 12.1 Å². The molecule has 2 rings (SSSR count). The van der Waals surface area contributed by atoms with Crippen LogP contribution in [0.1, 0.15) is 43.2 Å². The van der Waals surface area contributed by atoms with E-state index in [9.17, 15) is 8.78 Å². The molecular weight excluding hydrogens is 220 g/mol. The number of hydrogen-bond donors (Lipinski definition) is 1. The molecule has 1 saturated carbocycles.